The smallest absolute Gasteiger partial charge is 0.221 e. The maximum absolute atomic E-state index is 12.5. The molecule has 3 rings (SSSR count). The maximum atomic E-state index is 12.5. The van der Waals surface area contributed by atoms with Gasteiger partial charge >= 0.3 is 0 Å². The summed E-state index contributed by atoms with van der Waals surface area (Å²) in [5, 5.41) is 6.10. The molecule has 2 aromatic rings. The number of aryl methyl sites for hydroxylation is 1. The average molecular weight is 365 g/mol. The Labute approximate surface area is 160 Å². The minimum Gasteiger partial charge on any atom is -0.353 e. The van der Waals surface area contributed by atoms with Crippen LogP contribution in [0.25, 0.3) is 0 Å². The lowest BCUT2D eigenvalue weighted by Gasteiger charge is -2.20. The Balaban J connectivity index is 1.60. The Bertz CT molecular complexity index is 753. The van der Waals surface area contributed by atoms with Gasteiger partial charge in [-0.3, -0.25) is 14.6 Å². The monoisotopic (exact) mass is 365 g/mol. The molecule has 2 amide bonds. The normalized spacial score (nSPS) is 15.3. The average Bonchev–Trinajstić information content (AvgIpc) is 3.19. The van der Waals surface area contributed by atoms with Gasteiger partial charge in [0, 0.05) is 31.3 Å². The number of carbonyl (C=O) groups excluding carboxylic acids is 2. The van der Waals surface area contributed by atoms with Gasteiger partial charge in [0.25, 0.3) is 0 Å². The molecule has 1 saturated carbocycles. The summed E-state index contributed by atoms with van der Waals surface area (Å²) < 4.78 is 0. The minimum atomic E-state index is -0.251. The van der Waals surface area contributed by atoms with Crippen LogP contribution < -0.4 is 10.6 Å². The molecule has 142 valence electrons. The van der Waals surface area contributed by atoms with Crippen LogP contribution in [0.4, 0.5) is 0 Å². The topological polar surface area (TPSA) is 71.1 Å². The van der Waals surface area contributed by atoms with Crippen molar-refractivity contribution < 1.29 is 9.59 Å². The van der Waals surface area contributed by atoms with Gasteiger partial charge in [-0.1, -0.05) is 42.7 Å². The zero-order chi connectivity index (χ0) is 19.1. The van der Waals surface area contributed by atoms with Crippen LogP contribution in [0.3, 0.4) is 0 Å². The van der Waals surface area contributed by atoms with Crippen LogP contribution in [0.1, 0.15) is 61.3 Å². The molecular weight excluding hydrogens is 338 g/mol. The Morgan fingerprint density at radius 3 is 2.22 bits per heavy atom. The highest BCUT2D eigenvalue weighted by molar-refractivity contribution is 5.84. The van der Waals surface area contributed by atoms with Gasteiger partial charge in [-0.25, -0.2) is 0 Å². The Hall–Kier alpha value is -2.69. The van der Waals surface area contributed by atoms with Crippen LogP contribution in [-0.4, -0.2) is 22.8 Å². The Morgan fingerprint density at radius 1 is 0.963 bits per heavy atom. The van der Waals surface area contributed by atoms with Crippen molar-refractivity contribution in [1.82, 2.24) is 15.6 Å². The van der Waals surface area contributed by atoms with E-state index >= 15 is 0 Å². The summed E-state index contributed by atoms with van der Waals surface area (Å²) in [6.07, 6.45) is 8.30. The SMILES string of the molecule is Cc1ccc([C@H](NC(=O)CCC(=O)NC2CCCC2)c2ccncc2)cc1. The summed E-state index contributed by atoms with van der Waals surface area (Å²) in [5.41, 5.74) is 3.15. The number of nitrogens with one attached hydrogen (secondary N) is 2. The molecule has 1 aromatic carbocycles. The second-order valence-electron chi connectivity index (χ2n) is 7.24. The quantitative estimate of drug-likeness (QED) is 0.790. The largest absolute Gasteiger partial charge is 0.353 e. The first-order valence-electron chi connectivity index (χ1n) is 9.67. The zero-order valence-electron chi connectivity index (χ0n) is 15.8. The summed E-state index contributed by atoms with van der Waals surface area (Å²) in [7, 11) is 0. The van der Waals surface area contributed by atoms with Crippen molar-refractivity contribution in [3.8, 4) is 0 Å². The van der Waals surface area contributed by atoms with Crippen molar-refractivity contribution in [2.24, 2.45) is 0 Å². The van der Waals surface area contributed by atoms with E-state index in [2.05, 4.69) is 15.6 Å². The first-order valence-corrected chi connectivity index (χ1v) is 9.67. The van der Waals surface area contributed by atoms with Crippen molar-refractivity contribution in [3.63, 3.8) is 0 Å². The highest BCUT2D eigenvalue weighted by atomic mass is 16.2. The molecule has 1 atom stereocenters. The van der Waals surface area contributed by atoms with E-state index in [-0.39, 0.29) is 36.7 Å². The highest BCUT2D eigenvalue weighted by Crippen LogP contribution is 2.22. The lowest BCUT2D eigenvalue weighted by atomic mass is 9.98. The molecule has 27 heavy (non-hydrogen) atoms. The molecule has 0 spiro atoms. The van der Waals surface area contributed by atoms with E-state index in [1.165, 1.54) is 18.4 Å². The molecule has 2 N–H and O–H groups in total. The molecule has 0 radical (unpaired) electrons. The molecule has 1 fully saturated rings. The van der Waals surface area contributed by atoms with Crippen molar-refractivity contribution >= 4 is 11.8 Å². The Morgan fingerprint density at radius 2 is 1.56 bits per heavy atom. The fraction of sp³-hybridized carbons (Fsp3) is 0.409. The second-order valence-corrected chi connectivity index (χ2v) is 7.24. The van der Waals surface area contributed by atoms with Gasteiger partial charge in [-0.05, 0) is 43.0 Å². The van der Waals surface area contributed by atoms with E-state index in [4.69, 9.17) is 0 Å². The molecule has 1 heterocycles. The van der Waals surface area contributed by atoms with Gasteiger partial charge in [0.15, 0.2) is 0 Å². The highest BCUT2D eigenvalue weighted by Gasteiger charge is 2.19. The number of carbonyl (C=O) groups is 2. The summed E-state index contributed by atoms with van der Waals surface area (Å²) in [4.78, 5) is 28.6. The number of rotatable bonds is 7. The fourth-order valence-corrected chi connectivity index (χ4v) is 3.50. The number of hydrogen-bond donors (Lipinski definition) is 2. The van der Waals surface area contributed by atoms with E-state index in [1.807, 2.05) is 43.3 Å². The van der Waals surface area contributed by atoms with Crippen molar-refractivity contribution in [3.05, 3.63) is 65.5 Å². The Kier molecular flexibility index (Phi) is 6.58. The summed E-state index contributed by atoms with van der Waals surface area (Å²) in [6, 6.07) is 11.9. The van der Waals surface area contributed by atoms with Crippen LogP contribution in [0.2, 0.25) is 0 Å². The van der Waals surface area contributed by atoms with E-state index in [0.717, 1.165) is 24.0 Å². The molecule has 1 aromatic heterocycles. The summed E-state index contributed by atoms with van der Waals surface area (Å²) in [6.45, 7) is 2.03. The minimum absolute atomic E-state index is 0.0344. The summed E-state index contributed by atoms with van der Waals surface area (Å²) >= 11 is 0. The standard InChI is InChI=1S/C22H27N3O2/c1-16-6-8-17(9-7-16)22(18-12-14-23-15-13-18)25-21(27)11-10-20(26)24-19-4-2-3-5-19/h6-9,12-15,19,22H,2-5,10-11H2,1H3,(H,24,26)(H,25,27)/t22-/m0/s1. The summed E-state index contributed by atoms with van der Waals surface area (Å²) in [5.74, 6) is -0.160. The molecule has 1 aliphatic rings. The van der Waals surface area contributed by atoms with Gasteiger partial charge < -0.3 is 10.6 Å². The van der Waals surface area contributed by atoms with E-state index in [9.17, 15) is 9.59 Å². The lowest BCUT2D eigenvalue weighted by Crippen LogP contribution is -2.34. The molecule has 1 aliphatic carbocycles. The molecule has 5 nitrogen and oxygen atoms in total. The van der Waals surface area contributed by atoms with Crippen LogP contribution in [0, 0.1) is 6.92 Å². The van der Waals surface area contributed by atoms with Crippen molar-refractivity contribution in [2.75, 3.05) is 0 Å². The molecule has 0 bridgehead atoms. The zero-order valence-corrected chi connectivity index (χ0v) is 15.8. The van der Waals surface area contributed by atoms with Crippen LogP contribution in [-0.2, 0) is 9.59 Å². The third-order valence-corrected chi connectivity index (χ3v) is 5.05. The number of amides is 2. The van der Waals surface area contributed by atoms with Crippen molar-refractivity contribution in [2.45, 2.75) is 57.5 Å². The number of aromatic nitrogens is 1. The molecular formula is C22H27N3O2. The number of pyridine rings is 1. The van der Waals surface area contributed by atoms with E-state index in [0.29, 0.717) is 0 Å². The molecule has 5 heteroatoms. The predicted molar refractivity (Wildman–Crippen MR) is 105 cm³/mol. The first-order chi connectivity index (χ1) is 13.1. The molecule has 0 unspecified atom stereocenters. The predicted octanol–water partition coefficient (Wildman–Crippen LogP) is 3.43. The van der Waals surface area contributed by atoms with E-state index in [1.54, 1.807) is 12.4 Å². The van der Waals surface area contributed by atoms with Gasteiger partial charge in [0.05, 0.1) is 6.04 Å². The molecule has 0 saturated heterocycles. The second kappa shape index (κ2) is 9.31. The van der Waals surface area contributed by atoms with Gasteiger partial charge in [0.2, 0.25) is 11.8 Å². The first kappa shape index (κ1) is 19.1. The number of benzene rings is 1. The van der Waals surface area contributed by atoms with E-state index < -0.39 is 0 Å². The van der Waals surface area contributed by atoms with Crippen LogP contribution in [0.15, 0.2) is 48.8 Å². The van der Waals surface area contributed by atoms with Crippen LogP contribution >= 0.6 is 0 Å². The fourth-order valence-electron chi connectivity index (χ4n) is 3.50. The van der Waals surface area contributed by atoms with Crippen LogP contribution in [0.5, 0.6) is 0 Å². The van der Waals surface area contributed by atoms with Crippen molar-refractivity contribution in [1.29, 1.82) is 0 Å². The third-order valence-electron chi connectivity index (χ3n) is 5.05. The molecule has 0 aliphatic heterocycles. The van der Waals surface area contributed by atoms with Gasteiger partial charge in [-0.2, -0.15) is 0 Å². The third kappa shape index (κ3) is 5.64. The number of nitrogens with zero attached hydrogens (tertiary/aromatic N) is 1. The van der Waals surface area contributed by atoms with Gasteiger partial charge in [-0.15, -0.1) is 0 Å². The van der Waals surface area contributed by atoms with Gasteiger partial charge in [0.1, 0.15) is 0 Å². The lowest BCUT2D eigenvalue weighted by molar-refractivity contribution is -0.127. The maximum Gasteiger partial charge on any atom is 0.221 e. The number of hydrogen-bond acceptors (Lipinski definition) is 3.